The molecule has 2 aromatic carbocycles. The number of ether oxygens (including phenoxy) is 1. The molecule has 0 spiro atoms. The van der Waals surface area contributed by atoms with Crippen molar-refractivity contribution in [3.05, 3.63) is 65.7 Å². The van der Waals surface area contributed by atoms with Crippen LogP contribution in [-0.2, 0) is 20.9 Å². The van der Waals surface area contributed by atoms with E-state index < -0.39 is 12.1 Å². The summed E-state index contributed by atoms with van der Waals surface area (Å²) in [5.74, 6) is -0.797. The van der Waals surface area contributed by atoms with Crippen molar-refractivity contribution in [1.82, 2.24) is 4.90 Å². The van der Waals surface area contributed by atoms with Crippen molar-refractivity contribution >= 4 is 17.6 Å². The maximum absolute atomic E-state index is 12.7. The van der Waals surface area contributed by atoms with Crippen molar-refractivity contribution < 1.29 is 14.3 Å². The van der Waals surface area contributed by atoms with Crippen LogP contribution >= 0.6 is 0 Å². The summed E-state index contributed by atoms with van der Waals surface area (Å²) < 4.78 is 5.23. The molecule has 5 nitrogen and oxygen atoms in total. The highest BCUT2D eigenvalue weighted by Crippen LogP contribution is 2.22. The Morgan fingerprint density at radius 1 is 1.09 bits per heavy atom. The predicted octanol–water partition coefficient (Wildman–Crippen LogP) is 2.53. The molecule has 0 heterocycles. The summed E-state index contributed by atoms with van der Waals surface area (Å²) >= 11 is 0. The van der Waals surface area contributed by atoms with Gasteiger partial charge in [0.1, 0.15) is 0 Å². The van der Waals surface area contributed by atoms with Crippen LogP contribution in [0.5, 0.6) is 0 Å². The van der Waals surface area contributed by atoms with Crippen LogP contribution in [0.1, 0.15) is 24.2 Å². The first-order valence-corrected chi connectivity index (χ1v) is 7.29. The first kappa shape index (κ1) is 16.5. The molecule has 23 heavy (non-hydrogen) atoms. The number of nitrogen functional groups attached to an aromatic ring is 1. The van der Waals surface area contributed by atoms with E-state index in [1.807, 2.05) is 24.3 Å². The van der Waals surface area contributed by atoms with Gasteiger partial charge in [0.15, 0.2) is 0 Å². The maximum atomic E-state index is 12.7. The van der Waals surface area contributed by atoms with Crippen LogP contribution in [-0.4, -0.2) is 23.8 Å². The fraction of sp³-hybridized carbons (Fsp3) is 0.222. The fourth-order valence-electron chi connectivity index (χ4n) is 2.27. The van der Waals surface area contributed by atoms with Crippen molar-refractivity contribution in [3.63, 3.8) is 0 Å². The van der Waals surface area contributed by atoms with Crippen molar-refractivity contribution in [2.45, 2.75) is 19.6 Å². The number of rotatable bonds is 5. The number of carbonyl (C=O) groups excluding carboxylic acids is 2. The van der Waals surface area contributed by atoms with Crippen LogP contribution in [0, 0.1) is 0 Å². The van der Waals surface area contributed by atoms with Gasteiger partial charge in [0.2, 0.25) is 6.10 Å². The van der Waals surface area contributed by atoms with Crippen LogP contribution in [0.4, 0.5) is 5.69 Å². The number of esters is 1. The van der Waals surface area contributed by atoms with Gasteiger partial charge in [0.25, 0.3) is 5.91 Å². The summed E-state index contributed by atoms with van der Waals surface area (Å²) in [4.78, 5) is 25.6. The first-order valence-electron chi connectivity index (χ1n) is 7.29. The van der Waals surface area contributed by atoms with E-state index in [-0.39, 0.29) is 5.91 Å². The Balaban J connectivity index is 2.19. The van der Waals surface area contributed by atoms with Gasteiger partial charge in [0.05, 0.1) is 0 Å². The monoisotopic (exact) mass is 312 g/mol. The Labute approximate surface area is 135 Å². The van der Waals surface area contributed by atoms with E-state index in [0.29, 0.717) is 17.8 Å². The molecule has 0 aliphatic rings. The van der Waals surface area contributed by atoms with E-state index in [1.165, 1.54) is 11.8 Å². The van der Waals surface area contributed by atoms with E-state index in [2.05, 4.69) is 0 Å². The molecule has 0 aliphatic carbocycles. The van der Waals surface area contributed by atoms with Crippen molar-refractivity contribution in [2.24, 2.45) is 0 Å². The highest BCUT2D eigenvalue weighted by Gasteiger charge is 2.27. The summed E-state index contributed by atoms with van der Waals surface area (Å²) in [7, 11) is 1.66. The second kappa shape index (κ2) is 7.45. The molecule has 0 aromatic heterocycles. The summed E-state index contributed by atoms with van der Waals surface area (Å²) in [6, 6.07) is 16.3. The smallest absolute Gasteiger partial charge is 0.303 e. The maximum Gasteiger partial charge on any atom is 0.303 e. The minimum Gasteiger partial charge on any atom is -0.447 e. The minimum atomic E-state index is -0.955. The normalized spacial score (nSPS) is 11.6. The lowest BCUT2D eigenvalue weighted by molar-refractivity contribution is -0.158. The third-order valence-corrected chi connectivity index (χ3v) is 3.45. The predicted molar refractivity (Wildman–Crippen MR) is 88.3 cm³/mol. The number of para-hydroxylation sites is 1. The molecule has 0 bridgehead atoms. The van der Waals surface area contributed by atoms with Gasteiger partial charge in [-0.1, -0.05) is 48.5 Å². The molecule has 2 N–H and O–H groups in total. The Morgan fingerprint density at radius 3 is 2.30 bits per heavy atom. The lowest BCUT2D eigenvalue weighted by Gasteiger charge is -2.24. The van der Waals surface area contributed by atoms with E-state index in [0.717, 1.165) is 5.56 Å². The molecule has 1 atom stereocenters. The quantitative estimate of drug-likeness (QED) is 0.680. The van der Waals surface area contributed by atoms with E-state index in [4.69, 9.17) is 10.5 Å². The van der Waals surface area contributed by atoms with Crippen LogP contribution in [0.25, 0.3) is 0 Å². The molecule has 0 saturated heterocycles. The Bertz CT molecular complexity index is 686. The molecule has 0 unspecified atom stereocenters. The standard InChI is InChI=1S/C18H20N2O3/c1-13(21)23-17(14-8-4-3-5-9-14)18(22)20(2)12-15-10-6-7-11-16(15)19/h3-11,17H,12,19H2,1-2H3/t17-/m0/s1. The van der Waals surface area contributed by atoms with Crippen LogP contribution in [0.15, 0.2) is 54.6 Å². The Kier molecular flexibility index (Phi) is 5.36. The SMILES string of the molecule is CC(=O)O[C@H](C(=O)N(C)Cc1ccccc1N)c1ccccc1. The van der Waals surface area contributed by atoms with Crippen molar-refractivity contribution in [1.29, 1.82) is 0 Å². The number of nitrogens with zero attached hydrogens (tertiary/aromatic N) is 1. The van der Waals surface area contributed by atoms with Gasteiger partial charge in [-0.25, -0.2) is 0 Å². The number of benzene rings is 2. The third-order valence-electron chi connectivity index (χ3n) is 3.45. The van der Waals surface area contributed by atoms with Gasteiger partial charge in [0, 0.05) is 31.8 Å². The molecule has 0 radical (unpaired) electrons. The Hall–Kier alpha value is -2.82. The van der Waals surface area contributed by atoms with Gasteiger partial charge in [-0.3, -0.25) is 9.59 Å². The molecule has 5 heteroatoms. The number of amides is 1. The molecule has 120 valence electrons. The molecule has 2 aromatic rings. The van der Waals surface area contributed by atoms with Gasteiger partial charge in [-0.05, 0) is 11.6 Å². The van der Waals surface area contributed by atoms with Crippen molar-refractivity contribution in [2.75, 3.05) is 12.8 Å². The second-order valence-corrected chi connectivity index (χ2v) is 5.29. The first-order chi connectivity index (χ1) is 11.0. The molecule has 1 amide bonds. The average Bonchev–Trinajstić information content (AvgIpc) is 2.54. The zero-order valence-electron chi connectivity index (χ0n) is 13.2. The molecule has 2 rings (SSSR count). The lowest BCUT2D eigenvalue weighted by atomic mass is 10.1. The van der Waals surface area contributed by atoms with E-state index in [9.17, 15) is 9.59 Å². The molecular formula is C18H20N2O3. The van der Waals surface area contributed by atoms with Crippen LogP contribution < -0.4 is 5.73 Å². The zero-order valence-corrected chi connectivity index (χ0v) is 13.2. The highest BCUT2D eigenvalue weighted by molar-refractivity contribution is 5.84. The number of hydrogen-bond acceptors (Lipinski definition) is 4. The third kappa shape index (κ3) is 4.32. The van der Waals surface area contributed by atoms with Crippen LogP contribution in [0.3, 0.4) is 0 Å². The molecule has 0 saturated carbocycles. The van der Waals surface area contributed by atoms with E-state index >= 15 is 0 Å². The van der Waals surface area contributed by atoms with Gasteiger partial charge < -0.3 is 15.4 Å². The molecular weight excluding hydrogens is 292 g/mol. The number of anilines is 1. The average molecular weight is 312 g/mol. The molecule has 0 fully saturated rings. The Morgan fingerprint density at radius 2 is 1.70 bits per heavy atom. The van der Waals surface area contributed by atoms with Gasteiger partial charge >= 0.3 is 5.97 Å². The van der Waals surface area contributed by atoms with E-state index in [1.54, 1.807) is 37.4 Å². The van der Waals surface area contributed by atoms with Gasteiger partial charge in [-0.15, -0.1) is 0 Å². The number of likely N-dealkylation sites (N-methyl/N-ethyl adjacent to an activating group) is 1. The minimum absolute atomic E-state index is 0.297. The number of hydrogen-bond donors (Lipinski definition) is 1. The van der Waals surface area contributed by atoms with Crippen molar-refractivity contribution in [3.8, 4) is 0 Å². The molecule has 0 aliphatic heterocycles. The van der Waals surface area contributed by atoms with Crippen LogP contribution in [0.2, 0.25) is 0 Å². The summed E-state index contributed by atoms with van der Waals surface area (Å²) in [6.07, 6.45) is -0.955. The number of nitrogens with two attached hydrogens (primary N) is 1. The fourth-order valence-corrected chi connectivity index (χ4v) is 2.27. The topological polar surface area (TPSA) is 72.6 Å². The largest absolute Gasteiger partial charge is 0.447 e. The summed E-state index contributed by atoms with van der Waals surface area (Å²) in [6.45, 7) is 1.63. The summed E-state index contributed by atoms with van der Waals surface area (Å²) in [5, 5.41) is 0. The number of carbonyl (C=O) groups is 2. The second-order valence-electron chi connectivity index (χ2n) is 5.29. The lowest BCUT2D eigenvalue weighted by Crippen LogP contribution is -2.33. The zero-order chi connectivity index (χ0) is 16.8. The highest BCUT2D eigenvalue weighted by atomic mass is 16.5. The summed E-state index contributed by atoms with van der Waals surface area (Å²) in [5.41, 5.74) is 8.02. The van der Waals surface area contributed by atoms with Gasteiger partial charge in [-0.2, -0.15) is 0 Å².